The molecule has 1 aromatic rings. The van der Waals surface area contributed by atoms with Crippen molar-refractivity contribution in [3.63, 3.8) is 0 Å². The molecule has 1 aromatic carbocycles. The predicted molar refractivity (Wildman–Crippen MR) is 90.7 cm³/mol. The largest absolute Gasteiger partial charge is 0.789 e. The van der Waals surface area contributed by atoms with E-state index in [0.717, 1.165) is 0 Å². The van der Waals surface area contributed by atoms with Crippen molar-refractivity contribution in [1.29, 1.82) is 5.26 Å². The molecule has 134 valence electrons. The fourth-order valence-electron chi connectivity index (χ4n) is 3.48. The zero-order chi connectivity index (χ0) is 18.4. The Morgan fingerprint density at radius 2 is 2.28 bits per heavy atom. The van der Waals surface area contributed by atoms with Crippen molar-refractivity contribution in [3.05, 3.63) is 29.3 Å². The van der Waals surface area contributed by atoms with E-state index in [9.17, 15) is 19.8 Å². The number of hydrogen-bond acceptors (Lipinski definition) is 6. The molecule has 2 heterocycles. The summed E-state index contributed by atoms with van der Waals surface area (Å²) in [5, 5.41) is 9.20. The lowest BCUT2D eigenvalue weighted by atomic mass is 9.85. The Kier molecular flexibility index (Phi) is 4.42. The number of ether oxygens (including phenoxy) is 1. The summed E-state index contributed by atoms with van der Waals surface area (Å²) in [5.41, 5.74) is 0.0523. The van der Waals surface area contributed by atoms with Crippen molar-refractivity contribution in [2.24, 2.45) is 0 Å². The van der Waals surface area contributed by atoms with E-state index in [0.29, 0.717) is 36.3 Å². The third-order valence-electron chi connectivity index (χ3n) is 4.53. The van der Waals surface area contributed by atoms with Crippen LogP contribution in [0, 0.1) is 11.3 Å². The third-order valence-corrected chi connectivity index (χ3v) is 5.08. The van der Waals surface area contributed by atoms with Crippen molar-refractivity contribution in [1.82, 2.24) is 4.90 Å². The molecule has 0 radical (unpaired) electrons. The highest BCUT2D eigenvalue weighted by molar-refractivity contribution is 7.56. The highest BCUT2D eigenvalue weighted by Gasteiger charge is 2.49. The first-order valence-corrected chi connectivity index (χ1v) is 9.77. The fourth-order valence-corrected chi connectivity index (χ4v) is 4.21. The molecule has 0 aromatic heterocycles. The maximum absolute atomic E-state index is 12.4. The Hall–Kier alpha value is -1.84. The van der Waals surface area contributed by atoms with Crippen LogP contribution in [0.2, 0.25) is 0 Å². The molecule has 0 bridgehead atoms. The number of fused-ring (bicyclic) bond motifs is 1. The Balaban J connectivity index is 2.16. The summed E-state index contributed by atoms with van der Waals surface area (Å²) in [5.74, 6) is 0.479. The van der Waals surface area contributed by atoms with Gasteiger partial charge in [-0.05, 0) is 38.5 Å². The highest BCUT2D eigenvalue weighted by atomic mass is 31.2. The summed E-state index contributed by atoms with van der Waals surface area (Å²) < 4.78 is 11.4. The van der Waals surface area contributed by atoms with Crippen molar-refractivity contribution in [2.45, 2.75) is 44.4 Å². The molecule has 0 spiro atoms. The molecule has 0 aliphatic carbocycles. The van der Waals surface area contributed by atoms with Gasteiger partial charge in [0.2, 0.25) is 5.91 Å². The Morgan fingerprint density at radius 1 is 1.56 bits per heavy atom. The smallest absolute Gasteiger partial charge is 0.223 e. The first-order chi connectivity index (χ1) is 11.6. The van der Waals surface area contributed by atoms with Crippen LogP contribution in [0.15, 0.2) is 18.2 Å². The Labute approximate surface area is 146 Å². The van der Waals surface area contributed by atoms with Crippen LogP contribution in [0.1, 0.15) is 43.9 Å². The standard InChI is InChI=1S/C17H20N2O5P/c1-17(2)16(24-25(3,21)22)15(19-8-4-5-14(19)20)12-9-11(10-18)6-7-13(12)23-17/h6-7,9,15-16H,3-5,8H2,1-2H3,(H-,21,22)/q-1/t15-,16+/m0/s1. The Bertz CT molecular complexity index is 795. The Morgan fingerprint density at radius 3 is 2.84 bits per heavy atom. The van der Waals surface area contributed by atoms with Crippen molar-refractivity contribution in [2.75, 3.05) is 6.54 Å². The van der Waals surface area contributed by atoms with Crippen LogP contribution in [0.3, 0.4) is 0 Å². The van der Waals surface area contributed by atoms with Crippen molar-refractivity contribution < 1.29 is 23.8 Å². The van der Waals surface area contributed by atoms with Gasteiger partial charge in [-0.2, -0.15) is 5.26 Å². The predicted octanol–water partition coefficient (Wildman–Crippen LogP) is 1.33. The summed E-state index contributed by atoms with van der Waals surface area (Å²) in [7, 11) is -4.08. The van der Waals surface area contributed by atoms with E-state index < -0.39 is 25.3 Å². The molecule has 1 fully saturated rings. The van der Waals surface area contributed by atoms with Gasteiger partial charge in [0, 0.05) is 26.1 Å². The monoisotopic (exact) mass is 363 g/mol. The summed E-state index contributed by atoms with van der Waals surface area (Å²) in [4.78, 5) is 35.6. The molecular formula is C17H20N2O5P-. The molecule has 1 saturated heterocycles. The lowest BCUT2D eigenvalue weighted by Gasteiger charge is -2.49. The summed E-state index contributed by atoms with van der Waals surface area (Å²) >= 11 is 0. The third kappa shape index (κ3) is 3.44. The summed E-state index contributed by atoms with van der Waals surface area (Å²) in [6.45, 7) is 3.99. The van der Waals surface area contributed by atoms with Crippen LogP contribution in [0.5, 0.6) is 5.75 Å². The van der Waals surface area contributed by atoms with Crippen molar-refractivity contribution in [3.8, 4) is 11.8 Å². The normalized spacial score (nSPS) is 27.2. The molecule has 8 heteroatoms. The number of hydrogen-bond donors (Lipinski definition) is 1. The van der Waals surface area contributed by atoms with Gasteiger partial charge < -0.3 is 23.9 Å². The number of amides is 1. The van der Waals surface area contributed by atoms with Crippen LogP contribution in [0.25, 0.3) is 0 Å². The lowest BCUT2D eigenvalue weighted by molar-refractivity contribution is -0.218. The molecule has 3 atom stereocenters. The number of likely N-dealkylation sites (tertiary alicyclic amines) is 1. The maximum Gasteiger partial charge on any atom is 0.223 e. The van der Waals surface area contributed by atoms with Gasteiger partial charge in [-0.3, -0.25) is 4.79 Å². The minimum absolute atomic E-state index is 0.0542. The molecule has 0 saturated carbocycles. The topological polar surface area (TPSA) is 106 Å². The van der Waals surface area contributed by atoms with Gasteiger partial charge in [-0.15, -0.1) is 0 Å². The van der Waals surface area contributed by atoms with Gasteiger partial charge in [0.15, 0.2) is 0 Å². The van der Waals surface area contributed by atoms with E-state index in [-0.39, 0.29) is 5.91 Å². The van der Waals surface area contributed by atoms with Gasteiger partial charge >= 0.3 is 0 Å². The van der Waals surface area contributed by atoms with Crippen LogP contribution < -0.4 is 9.63 Å². The number of benzene rings is 1. The molecule has 3 rings (SSSR count). The summed E-state index contributed by atoms with van der Waals surface area (Å²) in [6.07, 6.45) is 3.40. The van der Waals surface area contributed by atoms with Gasteiger partial charge in [0.25, 0.3) is 0 Å². The molecule has 1 unspecified atom stereocenters. The molecule has 2 aliphatic rings. The van der Waals surface area contributed by atoms with E-state index in [1.165, 1.54) is 0 Å². The van der Waals surface area contributed by atoms with E-state index >= 15 is 0 Å². The van der Waals surface area contributed by atoms with Crippen molar-refractivity contribution >= 4 is 19.8 Å². The minimum Gasteiger partial charge on any atom is -0.789 e. The molecule has 2 aliphatic heterocycles. The second-order valence-electron chi connectivity index (χ2n) is 6.87. The second-order valence-corrected chi connectivity index (χ2v) is 8.35. The average molecular weight is 363 g/mol. The second kappa shape index (κ2) is 6.15. The molecular weight excluding hydrogens is 343 g/mol. The van der Waals surface area contributed by atoms with Gasteiger partial charge in [0.05, 0.1) is 17.7 Å². The highest BCUT2D eigenvalue weighted by Crippen LogP contribution is 2.49. The van der Waals surface area contributed by atoms with Crippen LogP contribution >= 0.6 is 7.57 Å². The van der Waals surface area contributed by atoms with Gasteiger partial charge in [-0.1, -0.05) is 6.30 Å². The van der Waals surface area contributed by atoms with Gasteiger partial charge in [0.1, 0.15) is 17.5 Å². The first kappa shape index (κ1) is 18.0. The SMILES string of the molecule is C=P([O-])(O)O[C@@H]1[C@@H](N2CCCC2=O)c2cc(C#N)ccc2OC1(C)C. The number of nitrogens with zero attached hydrogens (tertiary/aromatic N) is 2. The zero-order valence-corrected chi connectivity index (χ0v) is 15.0. The number of carbonyl (C=O) groups excluding carboxylic acids is 1. The maximum atomic E-state index is 12.4. The quantitative estimate of drug-likeness (QED) is 0.812. The zero-order valence-electron chi connectivity index (χ0n) is 14.1. The van der Waals surface area contributed by atoms with E-state index in [1.54, 1.807) is 36.9 Å². The van der Waals surface area contributed by atoms with Crippen LogP contribution in [-0.4, -0.2) is 40.2 Å². The summed E-state index contributed by atoms with van der Waals surface area (Å²) in [6, 6.07) is 6.41. The lowest BCUT2D eigenvalue weighted by Crippen LogP contribution is -2.55. The number of carbonyl (C=O) groups is 1. The molecule has 25 heavy (non-hydrogen) atoms. The number of rotatable bonds is 3. The fraction of sp³-hybridized carbons (Fsp3) is 0.471. The average Bonchev–Trinajstić information content (AvgIpc) is 2.92. The van der Waals surface area contributed by atoms with E-state index in [1.807, 2.05) is 0 Å². The molecule has 1 amide bonds. The van der Waals surface area contributed by atoms with E-state index in [4.69, 9.17) is 9.26 Å². The first-order valence-electron chi connectivity index (χ1n) is 8.00. The van der Waals surface area contributed by atoms with Crippen LogP contribution in [-0.2, 0) is 9.32 Å². The minimum atomic E-state index is -4.08. The molecule has 1 N–H and O–H groups in total. The van der Waals surface area contributed by atoms with E-state index in [2.05, 4.69) is 12.4 Å². The number of nitriles is 1. The van der Waals surface area contributed by atoms with Gasteiger partial charge in [-0.25, -0.2) is 0 Å². The molecule has 7 nitrogen and oxygen atoms in total. The van der Waals surface area contributed by atoms with Crippen LogP contribution in [0.4, 0.5) is 0 Å².